The van der Waals surface area contributed by atoms with Crippen molar-refractivity contribution < 1.29 is 4.79 Å². The molecule has 1 aromatic heterocycles. The van der Waals surface area contributed by atoms with Crippen LogP contribution in [0, 0.1) is 0 Å². The second-order valence-corrected chi connectivity index (χ2v) is 4.17. The second-order valence-electron chi connectivity index (χ2n) is 3.73. The van der Waals surface area contributed by atoms with Crippen LogP contribution < -0.4 is 0 Å². The Balaban J connectivity index is 2.43. The molecule has 2 aromatic rings. The van der Waals surface area contributed by atoms with Gasteiger partial charge >= 0.3 is 0 Å². The third-order valence-corrected chi connectivity index (χ3v) is 2.87. The number of nitrogens with zero attached hydrogens (tertiary/aromatic N) is 1. The van der Waals surface area contributed by atoms with Crippen LogP contribution in [0.2, 0.25) is 5.02 Å². The average molecular weight is 237 g/mol. The van der Waals surface area contributed by atoms with E-state index in [4.69, 9.17) is 11.6 Å². The molecule has 0 saturated heterocycles. The highest BCUT2D eigenvalue weighted by molar-refractivity contribution is 6.31. The van der Waals surface area contributed by atoms with E-state index in [-0.39, 0.29) is 5.91 Å². The van der Waals surface area contributed by atoms with E-state index in [0.29, 0.717) is 17.3 Å². The fourth-order valence-electron chi connectivity index (χ4n) is 1.57. The summed E-state index contributed by atoms with van der Waals surface area (Å²) < 4.78 is 0. The van der Waals surface area contributed by atoms with E-state index in [2.05, 4.69) is 4.98 Å². The van der Waals surface area contributed by atoms with E-state index in [9.17, 15) is 4.79 Å². The number of aromatic amines is 1. The van der Waals surface area contributed by atoms with Gasteiger partial charge in [-0.05, 0) is 31.2 Å². The van der Waals surface area contributed by atoms with Gasteiger partial charge in [0.15, 0.2) is 0 Å². The number of benzene rings is 1. The van der Waals surface area contributed by atoms with Crippen LogP contribution in [0.15, 0.2) is 24.3 Å². The van der Waals surface area contributed by atoms with E-state index >= 15 is 0 Å². The molecule has 0 atom stereocenters. The van der Waals surface area contributed by atoms with E-state index in [1.165, 1.54) is 0 Å². The number of hydrogen-bond donors (Lipinski definition) is 1. The van der Waals surface area contributed by atoms with Crippen LogP contribution in [0.4, 0.5) is 0 Å². The Hall–Kier alpha value is -1.48. The summed E-state index contributed by atoms with van der Waals surface area (Å²) in [4.78, 5) is 16.6. The van der Waals surface area contributed by atoms with Crippen molar-refractivity contribution in [2.45, 2.75) is 6.92 Å². The Labute approximate surface area is 99.0 Å². The highest BCUT2D eigenvalue weighted by Crippen LogP contribution is 2.20. The van der Waals surface area contributed by atoms with Crippen LogP contribution >= 0.6 is 11.6 Å². The number of hydrogen-bond acceptors (Lipinski definition) is 1. The summed E-state index contributed by atoms with van der Waals surface area (Å²) >= 11 is 5.89. The molecular weight excluding hydrogens is 224 g/mol. The molecular formula is C12H13ClN2O. The second kappa shape index (κ2) is 4.18. The van der Waals surface area contributed by atoms with E-state index in [1.807, 2.05) is 25.1 Å². The Morgan fingerprint density at radius 2 is 2.19 bits per heavy atom. The molecule has 0 aliphatic rings. The average Bonchev–Trinajstić information content (AvgIpc) is 2.69. The Morgan fingerprint density at radius 1 is 1.44 bits per heavy atom. The SMILES string of the molecule is CCN(C)C(=O)c1cc2cc(Cl)ccc2[nH]1. The standard InChI is InChI=1S/C12H13ClN2O/c1-3-15(2)12(16)11-7-8-6-9(13)4-5-10(8)14-11/h4-7,14H,3H2,1-2H3. The van der Waals surface area contributed by atoms with Gasteiger partial charge in [0.1, 0.15) is 5.69 Å². The van der Waals surface area contributed by atoms with Crippen LogP contribution in [0.5, 0.6) is 0 Å². The van der Waals surface area contributed by atoms with Gasteiger partial charge < -0.3 is 9.88 Å². The molecule has 1 heterocycles. The molecule has 0 saturated carbocycles. The molecule has 0 spiro atoms. The molecule has 0 aliphatic carbocycles. The Kier molecular flexibility index (Phi) is 2.88. The smallest absolute Gasteiger partial charge is 0.270 e. The number of nitrogens with one attached hydrogen (secondary N) is 1. The van der Waals surface area contributed by atoms with Crippen molar-refractivity contribution in [2.24, 2.45) is 0 Å². The molecule has 84 valence electrons. The van der Waals surface area contributed by atoms with Crippen LogP contribution in [0.3, 0.4) is 0 Å². The number of carbonyl (C=O) groups excluding carboxylic acids is 1. The number of halogens is 1. The highest BCUT2D eigenvalue weighted by atomic mass is 35.5. The first-order chi connectivity index (χ1) is 7.61. The zero-order chi connectivity index (χ0) is 11.7. The summed E-state index contributed by atoms with van der Waals surface area (Å²) in [5.41, 5.74) is 1.53. The molecule has 1 aromatic carbocycles. The number of carbonyl (C=O) groups is 1. The lowest BCUT2D eigenvalue weighted by Gasteiger charge is -2.12. The van der Waals surface area contributed by atoms with Gasteiger partial charge in [-0.3, -0.25) is 4.79 Å². The number of aromatic nitrogens is 1. The van der Waals surface area contributed by atoms with E-state index in [1.54, 1.807) is 18.0 Å². The molecule has 4 heteroatoms. The van der Waals surface area contributed by atoms with Gasteiger partial charge in [-0.15, -0.1) is 0 Å². The minimum absolute atomic E-state index is 0.00479. The maximum atomic E-state index is 11.9. The molecule has 3 nitrogen and oxygen atoms in total. The van der Waals surface area contributed by atoms with Crippen molar-refractivity contribution in [3.8, 4) is 0 Å². The predicted octanol–water partition coefficient (Wildman–Crippen LogP) is 2.91. The van der Waals surface area contributed by atoms with Gasteiger partial charge in [0, 0.05) is 29.5 Å². The van der Waals surface area contributed by atoms with Crippen LogP contribution in [-0.2, 0) is 0 Å². The van der Waals surface area contributed by atoms with Crippen molar-refractivity contribution in [1.82, 2.24) is 9.88 Å². The first-order valence-electron chi connectivity index (χ1n) is 5.15. The number of rotatable bonds is 2. The first-order valence-corrected chi connectivity index (χ1v) is 5.53. The van der Waals surface area contributed by atoms with Gasteiger partial charge in [-0.1, -0.05) is 11.6 Å². The summed E-state index contributed by atoms with van der Waals surface area (Å²) in [7, 11) is 1.78. The molecule has 1 N–H and O–H groups in total. The van der Waals surface area contributed by atoms with Gasteiger partial charge in [0.05, 0.1) is 0 Å². The number of amides is 1. The third-order valence-electron chi connectivity index (χ3n) is 2.63. The molecule has 0 aliphatic heterocycles. The lowest BCUT2D eigenvalue weighted by atomic mass is 10.2. The number of fused-ring (bicyclic) bond motifs is 1. The minimum atomic E-state index is -0.00479. The Morgan fingerprint density at radius 3 is 2.88 bits per heavy atom. The normalized spacial score (nSPS) is 10.7. The zero-order valence-electron chi connectivity index (χ0n) is 9.25. The van der Waals surface area contributed by atoms with Crippen molar-refractivity contribution in [3.63, 3.8) is 0 Å². The zero-order valence-corrected chi connectivity index (χ0v) is 10.0. The Bertz CT molecular complexity index is 533. The first kappa shape index (κ1) is 11.0. The van der Waals surface area contributed by atoms with Crippen LogP contribution in [0.25, 0.3) is 10.9 Å². The molecule has 16 heavy (non-hydrogen) atoms. The molecule has 0 bridgehead atoms. The van der Waals surface area contributed by atoms with Gasteiger partial charge in [-0.25, -0.2) is 0 Å². The van der Waals surface area contributed by atoms with Gasteiger partial charge in [-0.2, -0.15) is 0 Å². The maximum absolute atomic E-state index is 11.9. The molecule has 2 rings (SSSR count). The fraction of sp³-hybridized carbons (Fsp3) is 0.250. The predicted molar refractivity (Wildman–Crippen MR) is 65.9 cm³/mol. The van der Waals surface area contributed by atoms with Gasteiger partial charge in [0.25, 0.3) is 5.91 Å². The number of H-pyrrole nitrogens is 1. The van der Waals surface area contributed by atoms with Crippen molar-refractivity contribution in [1.29, 1.82) is 0 Å². The van der Waals surface area contributed by atoms with E-state index < -0.39 is 0 Å². The molecule has 0 fully saturated rings. The van der Waals surface area contributed by atoms with Crippen LogP contribution in [0.1, 0.15) is 17.4 Å². The fourth-order valence-corrected chi connectivity index (χ4v) is 1.75. The maximum Gasteiger partial charge on any atom is 0.270 e. The highest BCUT2D eigenvalue weighted by Gasteiger charge is 2.12. The van der Waals surface area contributed by atoms with Crippen LogP contribution in [-0.4, -0.2) is 29.4 Å². The molecule has 1 amide bonds. The quantitative estimate of drug-likeness (QED) is 0.855. The summed E-state index contributed by atoms with van der Waals surface area (Å²) in [6.45, 7) is 2.63. The lowest BCUT2D eigenvalue weighted by molar-refractivity contribution is 0.0797. The summed E-state index contributed by atoms with van der Waals surface area (Å²) in [6.07, 6.45) is 0. The lowest BCUT2D eigenvalue weighted by Crippen LogP contribution is -2.26. The van der Waals surface area contributed by atoms with Gasteiger partial charge in [0.2, 0.25) is 0 Å². The largest absolute Gasteiger partial charge is 0.351 e. The summed E-state index contributed by atoms with van der Waals surface area (Å²) in [5, 5.41) is 1.63. The summed E-state index contributed by atoms with van der Waals surface area (Å²) in [5.74, 6) is -0.00479. The van der Waals surface area contributed by atoms with Crippen molar-refractivity contribution >= 4 is 28.4 Å². The topological polar surface area (TPSA) is 36.1 Å². The van der Waals surface area contributed by atoms with Crippen molar-refractivity contribution in [2.75, 3.05) is 13.6 Å². The third kappa shape index (κ3) is 1.91. The monoisotopic (exact) mass is 236 g/mol. The molecule has 0 unspecified atom stereocenters. The van der Waals surface area contributed by atoms with Crippen molar-refractivity contribution in [3.05, 3.63) is 35.0 Å². The summed E-state index contributed by atoms with van der Waals surface area (Å²) in [6, 6.07) is 7.35. The van der Waals surface area contributed by atoms with E-state index in [0.717, 1.165) is 10.9 Å². The molecule has 0 radical (unpaired) electrons. The minimum Gasteiger partial charge on any atom is -0.351 e.